The fraction of sp³-hybridized carbons (Fsp3) is 0.500. The Labute approximate surface area is 128 Å². The average Bonchev–Trinajstić information content (AvgIpc) is 2.49. The van der Waals surface area contributed by atoms with E-state index in [4.69, 9.17) is 0 Å². The van der Waals surface area contributed by atoms with Crippen LogP contribution in [-0.4, -0.2) is 32.4 Å². The van der Waals surface area contributed by atoms with Gasteiger partial charge in [0.1, 0.15) is 0 Å². The minimum absolute atomic E-state index is 0.333. The van der Waals surface area contributed by atoms with Gasteiger partial charge in [0.2, 0.25) is 10.0 Å². The van der Waals surface area contributed by atoms with Crippen LogP contribution in [0, 0.1) is 0 Å². The normalized spacial score (nSPS) is 11.8. The van der Waals surface area contributed by atoms with Gasteiger partial charge in [0.15, 0.2) is 0 Å². The van der Waals surface area contributed by atoms with Gasteiger partial charge in [-0.25, -0.2) is 8.42 Å². The van der Waals surface area contributed by atoms with Crippen LogP contribution >= 0.6 is 0 Å². The van der Waals surface area contributed by atoms with E-state index in [1.807, 2.05) is 32.9 Å². The smallest absolute Gasteiger partial charge is 0.243 e. The fourth-order valence-corrected chi connectivity index (χ4v) is 3.95. The molecular formula is C16H26N2O2S. The summed E-state index contributed by atoms with van der Waals surface area (Å²) < 4.78 is 27.1. The Bertz CT molecular complexity index is 568. The van der Waals surface area contributed by atoms with Crippen LogP contribution in [0.2, 0.25) is 0 Å². The number of likely N-dealkylation sites (N-methyl/N-ethyl adjacent to an activating group) is 1. The van der Waals surface area contributed by atoms with Crippen molar-refractivity contribution in [2.24, 2.45) is 0 Å². The number of benzene rings is 1. The monoisotopic (exact) mass is 310 g/mol. The summed E-state index contributed by atoms with van der Waals surface area (Å²) in [6.07, 6.45) is 2.32. The molecule has 0 fully saturated rings. The molecule has 0 saturated heterocycles. The summed E-state index contributed by atoms with van der Waals surface area (Å²) in [5, 5.41) is 3.22. The Kier molecular flexibility index (Phi) is 7.08. The van der Waals surface area contributed by atoms with E-state index >= 15 is 0 Å². The number of aryl methyl sites for hydroxylation is 1. The van der Waals surface area contributed by atoms with Crippen molar-refractivity contribution in [2.45, 2.75) is 38.6 Å². The van der Waals surface area contributed by atoms with Crippen molar-refractivity contribution in [3.8, 4) is 0 Å². The van der Waals surface area contributed by atoms with E-state index in [-0.39, 0.29) is 0 Å². The molecule has 0 aliphatic heterocycles. The zero-order valence-corrected chi connectivity index (χ0v) is 14.0. The van der Waals surface area contributed by atoms with Crippen molar-refractivity contribution >= 4 is 10.0 Å². The predicted octanol–water partition coefficient (Wildman–Crippen LogP) is 2.56. The van der Waals surface area contributed by atoms with Crippen molar-refractivity contribution < 1.29 is 8.42 Å². The van der Waals surface area contributed by atoms with Crippen LogP contribution < -0.4 is 5.32 Å². The summed E-state index contributed by atoms with van der Waals surface area (Å²) in [5.74, 6) is 0. The Morgan fingerprint density at radius 3 is 2.52 bits per heavy atom. The first-order chi connectivity index (χ1) is 10.0. The third-order valence-corrected chi connectivity index (χ3v) is 5.42. The van der Waals surface area contributed by atoms with Crippen molar-refractivity contribution in [1.82, 2.24) is 9.62 Å². The van der Waals surface area contributed by atoms with E-state index in [0.717, 1.165) is 17.7 Å². The van der Waals surface area contributed by atoms with Crippen LogP contribution in [0.1, 0.15) is 31.9 Å². The van der Waals surface area contributed by atoms with Gasteiger partial charge >= 0.3 is 0 Å². The van der Waals surface area contributed by atoms with Crippen LogP contribution in [0.3, 0.4) is 0 Å². The van der Waals surface area contributed by atoms with Gasteiger partial charge in [0.25, 0.3) is 0 Å². The number of sulfonamides is 1. The van der Waals surface area contributed by atoms with Gasteiger partial charge in [-0.3, -0.25) is 0 Å². The van der Waals surface area contributed by atoms with Crippen LogP contribution in [0.25, 0.3) is 0 Å². The molecule has 4 nitrogen and oxygen atoms in total. The predicted molar refractivity (Wildman–Crippen MR) is 87.8 cm³/mol. The number of hydrogen-bond donors (Lipinski definition) is 1. The largest absolute Gasteiger partial charge is 0.313 e. The van der Waals surface area contributed by atoms with Crippen LogP contribution in [0.15, 0.2) is 35.7 Å². The Hall–Kier alpha value is -1.17. The van der Waals surface area contributed by atoms with Gasteiger partial charge in [-0.05, 0) is 30.2 Å². The molecule has 0 radical (unpaired) electrons. The SMILES string of the molecule is C=CCN(CC)S(=O)(=O)c1cc(CNCC)ccc1CC. The molecule has 0 aromatic heterocycles. The molecule has 0 aliphatic carbocycles. The van der Waals surface area contributed by atoms with E-state index < -0.39 is 10.0 Å². The van der Waals surface area contributed by atoms with Crippen LogP contribution in [0.5, 0.6) is 0 Å². The molecule has 0 heterocycles. The lowest BCUT2D eigenvalue weighted by Gasteiger charge is -2.21. The van der Waals surface area contributed by atoms with Crippen molar-refractivity contribution in [3.63, 3.8) is 0 Å². The lowest BCUT2D eigenvalue weighted by molar-refractivity contribution is 0.459. The van der Waals surface area contributed by atoms with Gasteiger partial charge in [0, 0.05) is 19.6 Å². The van der Waals surface area contributed by atoms with E-state index in [2.05, 4.69) is 11.9 Å². The van der Waals surface area contributed by atoms with Crippen LogP contribution in [0.4, 0.5) is 0 Å². The minimum atomic E-state index is -3.47. The molecule has 0 spiro atoms. The van der Waals surface area contributed by atoms with Crippen molar-refractivity contribution in [3.05, 3.63) is 42.0 Å². The van der Waals surface area contributed by atoms with Gasteiger partial charge in [-0.2, -0.15) is 4.31 Å². The quantitative estimate of drug-likeness (QED) is 0.713. The van der Waals surface area contributed by atoms with Crippen molar-refractivity contribution in [2.75, 3.05) is 19.6 Å². The molecule has 1 aromatic rings. The molecule has 1 aromatic carbocycles. The molecule has 0 amide bonds. The van der Waals surface area contributed by atoms with Gasteiger partial charge in [-0.15, -0.1) is 6.58 Å². The summed E-state index contributed by atoms with van der Waals surface area (Å²) in [6, 6.07) is 5.70. The zero-order chi connectivity index (χ0) is 15.9. The van der Waals surface area contributed by atoms with E-state index in [9.17, 15) is 8.42 Å². The first kappa shape index (κ1) is 17.9. The van der Waals surface area contributed by atoms with Crippen LogP contribution in [-0.2, 0) is 23.0 Å². The molecule has 5 heteroatoms. The van der Waals surface area contributed by atoms with E-state index in [1.165, 1.54) is 4.31 Å². The van der Waals surface area contributed by atoms with E-state index in [0.29, 0.717) is 31.0 Å². The number of nitrogens with one attached hydrogen (secondary N) is 1. The average molecular weight is 310 g/mol. The number of hydrogen-bond acceptors (Lipinski definition) is 3. The third-order valence-electron chi connectivity index (χ3n) is 3.39. The second kappa shape index (κ2) is 8.32. The van der Waals surface area contributed by atoms with Gasteiger partial charge in [-0.1, -0.05) is 39.0 Å². The Morgan fingerprint density at radius 2 is 2.00 bits per heavy atom. The second-order valence-corrected chi connectivity index (χ2v) is 6.73. The highest BCUT2D eigenvalue weighted by Crippen LogP contribution is 2.22. The molecule has 1 N–H and O–H groups in total. The summed E-state index contributed by atoms with van der Waals surface area (Å²) in [7, 11) is -3.47. The topological polar surface area (TPSA) is 49.4 Å². The molecule has 0 saturated carbocycles. The number of nitrogens with zero attached hydrogens (tertiary/aromatic N) is 1. The number of rotatable bonds is 9. The van der Waals surface area contributed by atoms with E-state index in [1.54, 1.807) is 12.1 Å². The second-order valence-electron chi connectivity index (χ2n) is 4.82. The first-order valence-electron chi connectivity index (χ1n) is 7.44. The highest BCUT2D eigenvalue weighted by atomic mass is 32.2. The molecule has 21 heavy (non-hydrogen) atoms. The summed E-state index contributed by atoms with van der Waals surface area (Å²) in [5.41, 5.74) is 1.85. The standard InChI is InChI=1S/C16H26N2O2S/c1-5-11-18(8-4)21(19,20)16-12-14(13-17-7-3)9-10-15(16)6-2/h5,9-10,12,17H,1,6-8,11,13H2,2-4H3. The lowest BCUT2D eigenvalue weighted by atomic mass is 10.1. The molecular weight excluding hydrogens is 284 g/mol. The lowest BCUT2D eigenvalue weighted by Crippen LogP contribution is -2.31. The maximum atomic E-state index is 12.8. The van der Waals surface area contributed by atoms with Gasteiger partial charge in [0.05, 0.1) is 4.90 Å². The highest BCUT2D eigenvalue weighted by molar-refractivity contribution is 7.89. The molecule has 0 atom stereocenters. The maximum absolute atomic E-state index is 12.8. The first-order valence-corrected chi connectivity index (χ1v) is 8.88. The summed E-state index contributed by atoms with van der Waals surface area (Å²) in [6.45, 7) is 11.8. The highest BCUT2D eigenvalue weighted by Gasteiger charge is 2.24. The Balaban J connectivity index is 3.26. The summed E-state index contributed by atoms with van der Waals surface area (Å²) in [4.78, 5) is 0.420. The Morgan fingerprint density at radius 1 is 1.29 bits per heavy atom. The third kappa shape index (κ3) is 4.40. The summed E-state index contributed by atoms with van der Waals surface area (Å²) >= 11 is 0. The molecule has 0 unspecified atom stereocenters. The fourth-order valence-electron chi connectivity index (χ4n) is 2.19. The molecule has 118 valence electrons. The molecule has 1 rings (SSSR count). The van der Waals surface area contributed by atoms with Crippen molar-refractivity contribution in [1.29, 1.82) is 0 Å². The molecule has 0 aliphatic rings. The molecule has 0 bridgehead atoms. The minimum Gasteiger partial charge on any atom is -0.313 e. The maximum Gasteiger partial charge on any atom is 0.243 e. The zero-order valence-electron chi connectivity index (χ0n) is 13.2. The van der Waals surface area contributed by atoms with Gasteiger partial charge < -0.3 is 5.32 Å².